The zero-order valence-corrected chi connectivity index (χ0v) is 15.7. The van der Waals surface area contributed by atoms with Crippen molar-refractivity contribution < 1.29 is 9.47 Å². The van der Waals surface area contributed by atoms with E-state index in [0.29, 0.717) is 19.8 Å². The molecule has 1 aliphatic rings. The molecule has 3 rings (SSSR count). The van der Waals surface area contributed by atoms with Crippen LogP contribution in [0.5, 0.6) is 11.5 Å². The molecule has 25 heavy (non-hydrogen) atoms. The highest BCUT2D eigenvalue weighted by atomic mass is 32.1. The Morgan fingerprint density at radius 3 is 2.64 bits per heavy atom. The lowest BCUT2D eigenvalue weighted by atomic mass is 10.2. The Balaban J connectivity index is 1.56. The predicted octanol–water partition coefficient (Wildman–Crippen LogP) is 2.79. The fraction of sp³-hybridized carbons (Fsp3) is 0.444. The van der Waals surface area contributed by atoms with Crippen molar-refractivity contribution in [2.24, 2.45) is 4.99 Å². The van der Waals surface area contributed by atoms with Crippen molar-refractivity contribution in [2.45, 2.75) is 33.4 Å². The zero-order chi connectivity index (χ0) is 17.6. The first-order chi connectivity index (χ1) is 12.2. The molecule has 0 saturated heterocycles. The maximum atomic E-state index is 5.74. The lowest BCUT2D eigenvalue weighted by Crippen LogP contribution is -2.36. The number of fused-ring (bicyclic) bond motifs is 1. The topological polar surface area (TPSA) is 67.8 Å². The van der Waals surface area contributed by atoms with E-state index in [1.54, 1.807) is 18.4 Å². The second kappa shape index (κ2) is 8.20. The SMILES string of the molecule is CN=C(NCc1ccc2c(c1)OCCCO2)NCc1sc(C)nc1C. The number of aliphatic imine (C=N–C) groups is 1. The van der Waals surface area contributed by atoms with Crippen molar-refractivity contribution in [1.29, 1.82) is 0 Å². The van der Waals surface area contributed by atoms with Crippen molar-refractivity contribution in [2.75, 3.05) is 20.3 Å². The van der Waals surface area contributed by atoms with E-state index in [1.165, 1.54) is 4.88 Å². The van der Waals surface area contributed by atoms with Crippen LogP contribution in [0.15, 0.2) is 23.2 Å². The van der Waals surface area contributed by atoms with Gasteiger partial charge in [0.1, 0.15) is 0 Å². The van der Waals surface area contributed by atoms with Crippen molar-refractivity contribution in [3.63, 3.8) is 0 Å². The average molecular weight is 360 g/mol. The third-order valence-corrected chi connectivity index (χ3v) is 4.98. The fourth-order valence-corrected chi connectivity index (χ4v) is 3.50. The zero-order valence-electron chi connectivity index (χ0n) is 14.9. The molecular formula is C18H24N4O2S. The van der Waals surface area contributed by atoms with Gasteiger partial charge in [0.05, 0.1) is 30.5 Å². The van der Waals surface area contributed by atoms with E-state index < -0.39 is 0 Å². The summed E-state index contributed by atoms with van der Waals surface area (Å²) in [5, 5.41) is 7.75. The van der Waals surface area contributed by atoms with E-state index in [4.69, 9.17) is 9.47 Å². The van der Waals surface area contributed by atoms with E-state index in [9.17, 15) is 0 Å². The van der Waals surface area contributed by atoms with Crippen LogP contribution in [0.1, 0.15) is 27.6 Å². The highest BCUT2D eigenvalue weighted by Crippen LogP contribution is 2.30. The number of hydrogen-bond donors (Lipinski definition) is 2. The maximum absolute atomic E-state index is 5.74. The molecule has 0 fully saturated rings. The summed E-state index contributed by atoms with van der Waals surface area (Å²) in [4.78, 5) is 9.96. The van der Waals surface area contributed by atoms with Gasteiger partial charge in [-0.3, -0.25) is 4.99 Å². The molecule has 134 valence electrons. The molecule has 2 aromatic rings. The van der Waals surface area contributed by atoms with Gasteiger partial charge in [-0.1, -0.05) is 6.07 Å². The van der Waals surface area contributed by atoms with Gasteiger partial charge in [0.15, 0.2) is 17.5 Å². The minimum absolute atomic E-state index is 0.664. The molecule has 2 heterocycles. The van der Waals surface area contributed by atoms with E-state index in [-0.39, 0.29) is 0 Å². The molecule has 7 heteroatoms. The molecule has 1 aromatic carbocycles. The summed E-state index contributed by atoms with van der Waals surface area (Å²) in [5.74, 6) is 2.40. The van der Waals surface area contributed by atoms with Crippen LogP contribution in [-0.2, 0) is 13.1 Å². The number of hydrogen-bond acceptors (Lipinski definition) is 5. The van der Waals surface area contributed by atoms with E-state index in [2.05, 4.69) is 20.6 Å². The predicted molar refractivity (Wildman–Crippen MR) is 101 cm³/mol. The smallest absolute Gasteiger partial charge is 0.191 e. The first kappa shape index (κ1) is 17.5. The maximum Gasteiger partial charge on any atom is 0.191 e. The summed E-state index contributed by atoms with van der Waals surface area (Å²) in [6, 6.07) is 6.04. The third kappa shape index (κ3) is 4.63. The Hall–Kier alpha value is -2.28. The van der Waals surface area contributed by atoms with Gasteiger partial charge in [0, 0.05) is 24.9 Å². The summed E-state index contributed by atoms with van der Waals surface area (Å²) in [5.41, 5.74) is 2.20. The highest BCUT2D eigenvalue weighted by Gasteiger charge is 2.11. The second-order valence-corrected chi connectivity index (χ2v) is 7.14. The van der Waals surface area contributed by atoms with Crippen molar-refractivity contribution in [3.8, 4) is 11.5 Å². The Bertz CT molecular complexity index is 758. The minimum Gasteiger partial charge on any atom is -0.490 e. The van der Waals surface area contributed by atoms with E-state index in [0.717, 1.165) is 46.7 Å². The monoisotopic (exact) mass is 360 g/mol. The number of nitrogens with one attached hydrogen (secondary N) is 2. The van der Waals surface area contributed by atoms with E-state index in [1.807, 2.05) is 32.0 Å². The number of thiazole rings is 1. The van der Waals surface area contributed by atoms with Gasteiger partial charge in [-0.15, -0.1) is 11.3 Å². The normalized spacial score (nSPS) is 14.1. The molecule has 1 aliphatic heterocycles. The first-order valence-corrected chi connectivity index (χ1v) is 9.23. The van der Waals surface area contributed by atoms with Crippen LogP contribution in [0, 0.1) is 13.8 Å². The number of guanidine groups is 1. The number of aromatic nitrogens is 1. The molecule has 0 radical (unpaired) electrons. The molecule has 1 aromatic heterocycles. The molecular weight excluding hydrogens is 336 g/mol. The number of ether oxygens (including phenoxy) is 2. The molecule has 0 spiro atoms. The summed E-state index contributed by atoms with van der Waals surface area (Å²) in [7, 11) is 1.77. The molecule has 2 N–H and O–H groups in total. The van der Waals surface area contributed by atoms with Crippen LogP contribution in [0.2, 0.25) is 0 Å². The van der Waals surface area contributed by atoms with Gasteiger partial charge >= 0.3 is 0 Å². The van der Waals surface area contributed by atoms with Gasteiger partial charge in [-0.05, 0) is 31.5 Å². The average Bonchev–Trinajstić information content (AvgIpc) is 2.80. The standard InChI is InChI=1S/C18H24N4O2S/c1-12-17(25-13(2)22-12)11-21-18(19-3)20-10-14-5-6-15-16(9-14)24-8-4-7-23-15/h5-6,9H,4,7-8,10-11H2,1-3H3,(H2,19,20,21). The number of rotatable bonds is 4. The molecule has 0 aliphatic carbocycles. The van der Waals surface area contributed by atoms with Crippen molar-refractivity contribution in [3.05, 3.63) is 39.3 Å². The summed E-state index contributed by atoms with van der Waals surface area (Å²) in [6.45, 7) is 6.85. The molecule has 0 unspecified atom stereocenters. The number of aryl methyl sites for hydroxylation is 2. The molecule has 0 saturated carbocycles. The molecule has 6 nitrogen and oxygen atoms in total. The van der Waals surface area contributed by atoms with Crippen LogP contribution >= 0.6 is 11.3 Å². The van der Waals surface area contributed by atoms with Crippen molar-refractivity contribution in [1.82, 2.24) is 15.6 Å². The molecule has 0 atom stereocenters. The van der Waals surface area contributed by atoms with Gasteiger partial charge < -0.3 is 20.1 Å². The van der Waals surface area contributed by atoms with Gasteiger partial charge in [0.25, 0.3) is 0 Å². The first-order valence-electron chi connectivity index (χ1n) is 8.41. The molecule has 0 bridgehead atoms. The second-order valence-electron chi connectivity index (χ2n) is 5.85. The number of nitrogens with zero attached hydrogens (tertiary/aromatic N) is 2. The quantitative estimate of drug-likeness (QED) is 0.648. The minimum atomic E-state index is 0.664. The Labute approximate surface area is 152 Å². The lowest BCUT2D eigenvalue weighted by molar-refractivity contribution is 0.297. The fourth-order valence-electron chi connectivity index (χ4n) is 2.63. The summed E-state index contributed by atoms with van der Waals surface area (Å²) < 4.78 is 11.4. The Morgan fingerprint density at radius 1 is 1.16 bits per heavy atom. The van der Waals surface area contributed by atoms with Gasteiger partial charge in [-0.2, -0.15) is 0 Å². The van der Waals surface area contributed by atoms with E-state index >= 15 is 0 Å². The van der Waals surface area contributed by atoms with Crippen LogP contribution in [0.3, 0.4) is 0 Å². The Kier molecular flexibility index (Phi) is 5.75. The van der Waals surface area contributed by atoms with Crippen molar-refractivity contribution >= 4 is 17.3 Å². The van der Waals surface area contributed by atoms with Crippen LogP contribution < -0.4 is 20.1 Å². The summed E-state index contributed by atoms with van der Waals surface area (Å²) in [6.07, 6.45) is 0.912. The number of benzene rings is 1. The largest absolute Gasteiger partial charge is 0.490 e. The Morgan fingerprint density at radius 2 is 1.92 bits per heavy atom. The van der Waals surface area contributed by atoms with Crippen LogP contribution in [0.25, 0.3) is 0 Å². The molecule has 0 amide bonds. The third-order valence-electron chi connectivity index (χ3n) is 3.91. The summed E-state index contributed by atoms with van der Waals surface area (Å²) >= 11 is 1.71. The lowest BCUT2D eigenvalue weighted by Gasteiger charge is -2.13. The van der Waals surface area contributed by atoms with Crippen LogP contribution in [0.4, 0.5) is 0 Å². The van der Waals surface area contributed by atoms with Gasteiger partial charge in [-0.25, -0.2) is 4.98 Å². The van der Waals surface area contributed by atoms with Gasteiger partial charge in [0.2, 0.25) is 0 Å². The van der Waals surface area contributed by atoms with Crippen LogP contribution in [-0.4, -0.2) is 31.2 Å². The highest BCUT2D eigenvalue weighted by molar-refractivity contribution is 7.11.